The van der Waals surface area contributed by atoms with E-state index in [1.807, 2.05) is 56.3 Å². The Morgan fingerprint density at radius 1 is 1.06 bits per heavy atom. The third-order valence-corrected chi connectivity index (χ3v) is 6.54. The van der Waals surface area contributed by atoms with Gasteiger partial charge in [-0.05, 0) is 68.5 Å². The van der Waals surface area contributed by atoms with Crippen LogP contribution in [0.4, 0.5) is 0 Å². The van der Waals surface area contributed by atoms with E-state index in [9.17, 15) is 9.59 Å². The number of hydrogen-bond acceptors (Lipinski definition) is 4. The van der Waals surface area contributed by atoms with Crippen LogP contribution in [-0.2, 0) is 16.1 Å². The summed E-state index contributed by atoms with van der Waals surface area (Å²) in [6.45, 7) is 5.97. The van der Waals surface area contributed by atoms with Crippen molar-refractivity contribution in [3.8, 4) is 11.5 Å². The molecule has 6 nitrogen and oxygen atoms in total. The first-order valence-corrected chi connectivity index (χ1v) is 11.8. The lowest BCUT2D eigenvalue weighted by Crippen LogP contribution is -2.51. The quantitative estimate of drug-likeness (QED) is 0.606. The van der Waals surface area contributed by atoms with Crippen molar-refractivity contribution in [2.75, 3.05) is 13.7 Å². The Balaban J connectivity index is 1.73. The van der Waals surface area contributed by atoms with E-state index in [0.717, 1.165) is 48.1 Å². The van der Waals surface area contributed by atoms with Crippen LogP contribution in [-0.4, -0.2) is 42.5 Å². The minimum atomic E-state index is -0.608. The highest BCUT2D eigenvalue weighted by atomic mass is 16.5. The lowest BCUT2D eigenvalue weighted by Gasteiger charge is -2.31. The fraction of sp³-hybridized carbons (Fsp3) is 0.481. The number of carbonyl (C=O) groups excluding carboxylic acids is 2. The Labute approximate surface area is 197 Å². The summed E-state index contributed by atoms with van der Waals surface area (Å²) in [5.74, 6) is 1.10. The molecule has 2 aromatic carbocycles. The molecule has 0 aliphatic heterocycles. The monoisotopic (exact) mass is 452 g/mol. The number of nitrogens with one attached hydrogen (secondary N) is 1. The van der Waals surface area contributed by atoms with Crippen molar-refractivity contribution < 1.29 is 19.1 Å². The molecule has 1 atom stereocenters. The normalized spacial score (nSPS) is 14.9. The van der Waals surface area contributed by atoms with E-state index in [1.54, 1.807) is 18.9 Å². The summed E-state index contributed by atoms with van der Waals surface area (Å²) in [7, 11) is 1.62. The van der Waals surface area contributed by atoms with Crippen LogP contribution >= 0.6 is 0 Å². The van der Waals surface area contributed by atoms with E-state index in [2.05, 4.69) is 5.32 Å². The Morgan fingerprint density at radius 2 is 1.76 bits per heavy atom. The number of ether oxygens (including phenoxy) is 2. The van der Waals surface area contributed by atoms with Crippen molar-refractivity contribution in [3.05, 3.63) is 59.2 Å². The second-order valence-corrected chi connectivity index (χ2v) is 8.88. The highest BCUT2D eigenvalue weighted by Gasteiger charge is 2.28. The highest BCUT2D eigenvalue weighted by Crippen LogP contribution is 2.22. The van der Waals surface area contributed by atoms with Gasteiger partial charge in [-0.25, -0.2) is 0 Å². The smallest absolute Gasteiger partial charge is 0.261 e. The molecule has 0 heterocycles. The molecule has 1 saturated carbocycles. The van der Waals surface area contributed by atoms with E-state index >= 15 is 0 Å². The van der Waals surface area contributed by atoms with Crippen LogP contribution in [0.15, 0.2) is 42.5 Å². The van der Waals surface area contributed by atoms with Gasteiger partial charge in [0.1, 0.15) is 17.5 Å². The predicted molar refractivity (Wildman–Crippen MR) is 129 cm³/mol. The number of methoxy groups -OCH3 is 1. The number of benzene rings is 2. The summed E-state index contributed by atoms with van der Waals surface area (Å²) in [5, 5.41) is 3.15. The third kappa shape index (κ3) is 6.73. The molecule has 0 aromatic heterocycles. The maximum absolute atomic E-state index is 13.3. The summed E-state index contributed by atoms with van der Waals surface area (Å²) in [6, 6.07) is 12.9. The van der Waals surface area contributed by atoms with Gasteiger partial charge in [0, 0.05) is 12.6 Å². The number of hydrogen-bond donors (Lipinski definition) is 1. The second kappa shape index (κ2) is 11.7. The molecule has 0 saturated heterocycles. The number of amides is 2. The lowest BCUT2D eigenvalue weighted by molar-refractivity contribution is -0.142. The average Bonchev–Trinajstić information content (AvgIpc) is 2.83. The van der Waals surface area contributed by atoms with Crippen molar-refractivity contribution in [1.29, 1.82) is 0 Å². The minimum Gasteiger partial charge on any atom is -0.497 e. The van der Waals surface area contributed by atoms with Gasteiger partial charge in [-0.15, -0.1) is 0 Å². The molecule has 3 rings (SSSR count). The molecule has 6 heteroatoms. The second-order valence-electron chi connectivity index (χ2n) is 8.88. The summed E-state index contributed by atoms with van der Waals surface area (Å²) in [4.78, 5) is 27.9. The van der Waals surface area contributed by atoms with Crippen LogP contribution in [0.25, 0.3) is 0 Å². The summed E-state index contributed by atoms with van der Waals surface area (Å²) in [6.07, 6.45) is 5.50. The molecule has 33 heavy (non-hydrogen) atoms. The molecule has 2 aromatic rings. The number of nitrogens with zero attached hydrogens (tertiary/aromatic N) is 1. The zero-order chi connectivity index (χ0) is 23.8. The Bertz CT molecular complexity index is 936. The summed E-state index contributed by atoms with van der Waals surface area (Å²) in [5.41, 5.74) is 3.04. The van der Waals surface area contributed by atoms with Gasteiger partial charge < -0.3 is 19.7 Å². The van der Waals surface area contributed by atoms with Gasteiger partial charge in [0.2, 0.25) is 5.91 Å². The van der Waals surface area contributed by atoms with Crippen LogP contribution in [0.1, 0.15) is 55.7 Å². The molecule has 0 bridgehead atoms. The Morgan fingerprint density at radius 3 is 2.42 bits per heavy atom. The Kier molecular flexibility index (Phi) is 8.75. The fourth-order valence-electron chi connectivity index (χ4n) is 4.18. The molecule has 1 N–H and O–H groups in total. The van der Waals surface area contributed by atoms with Crippen molar-refractivity contribution in [2.45, 2.75) is 71.5 Å². The van der Waals surface area contributed by atoms with Gasteiger partial charge >= 0.3 is 0 Å². The molecule has 0 radical (unpaired) electrons. The molecule has 0 unspecified atom stereocenters. The van der Waals surface area contributed by atoms with Crippen LogP contribution < -0.4 is 14.8 Å². The van der Waals surface area contributed by atoms with Crippen LogP contribution in [0.5, 0.6) is 11.5 Å². The lowest BCUT2D eigenvalue weighted by atomic mass is 9.95. The maximum atomic E-state index is 13.3. The van der Waals surface area contributed by atoms with Crippen LogP contribution in [0.2, 0.25) is 0 Å². The van der Waals surface area contributed by atoms with Crippen molar-refractivity contribution >= 4 is 11.8 Å². The standard InChI is InChI=1S/C27H36N2O4/c1-19-9-8-12-25(20(19)2)33-18-26(30)29(17-22-13-15-24(32-4)16-14-22)21(3)27(31)28-23-10-6-5-7-11-23/h8-9,12-16,21,23H,5-7,10-11,17-18H2,1-4H3,(H,28,31)/t21-/m1/s1. The summed E-state index contributed by atoms with van der Waals surface area (Å²) >= 11 is 0. The van der Waals surface area contributed by atoms with Gasteiger partial charge in [-0.2, -0.15) is 0 Å². The van der Waals surface area contributed by atoms with Crippen LogP contribution in [0, 0.1) is 13.8 Å². The highest BCUT2D eigenvalue weighted by molar-refractivity contribution is 5.88. The van der Waals surface area contributed by atoms with Crippen molar-refractivity contribution in [2.24, 2.45) is 0 Å². The van der Waals surface area contributed by atoms with E-state index in [4.69, 9.17) is 9.47 Å². The molecule has 1 aliphatic carbocycles. The van der Waals surface area contributed by atoms with E-state index in [-0.39, 0.29) is 24.5 Å². The van der Waals surface area contributed by atoms with E-state index in [0.29, 0.717) is 12.3 Å². The molecule has 1 fully saturated rings. The SMILES string of the molecule is COc1ccc(CN(C(=O)COc2cccc(C)c2C)[C@H](C)C(=O)NC2CCCCC2)cc1. The first kappa shape index (κ1) is 24.6. The minimum absolute atomic E-state index is 0.115. The van der Waals surface area contributed by atoms with Gasteiger partial charge in [-0.3, -0.25) is 9.59 Å². The maximum Gasteiger partial charge on any atom is 0.261 e. The van der Waals surface area contributed by atoms with Gasteiger partial charge in [0.15, 0.2) is 6.61 Å². The van der Waals surface area contributed by atoms with Crippen LogP contribution in [0.3, 0.4) is 0 Å². The summed E-state index contributed by atoms with van der Waals surface area (Å²) < 4.78 is 11.1. The predicted octanol–water partition coefficient (Wildman–Crippen LogP) is 4.56. The first-order chi connectivity index (χ1) is 15.9. The number of rotatable bonds is 9. The molecular weight excluding hydrogens is 416 g/mol. The van der Waals surface area contributed by atoms with E-state index in [1.165, 1.54) is 6.42 Å². The first-order valence-electron chi connectivity index (χ1n) is 11.8. The number of aryl methyl sites for hydroxylation is 1. The van der Waals surface area contributed by atoms with E-state index < -0.39 is 6.04 Å². The van der Waals surface area contributed by atoms with Gasteiger partial charge in [-0.1, -0.05) is 43.5 Å². The fourth-order valence-corrected chi connectivity index (χ4v) is 4.18. The van der Waals surface area contributed by atoms with Crippen molar-refractivity contribution in [1.82, 2.24) is 10.2 Å². The molecule has 0 spiro atoms. The number of carbonyl (C=O) groups is 2. The zero-order valence-corrected chi connectivity index (χ0v) is 20.2. The molecule has 1 aliphatic rings. The average molecular weight is 453 g/mol. The van der Waals surface area contributed by atoms with Crippen molar-refractivity contribution in [3.63, 3.8) is 0 Å². The zero-order valence-electron chi connectivity index (χ0n) is 20.2. The molecular formula is C27H36N2O4. The van der Waals surface area contributed by atoms with Gasteiger partial charge in [0.05, 0.1) is 7.11 Å². The topological polar surface area (TPSA) is 67.9 Å². The molecule has 2 amide bonds. The molecule has 178 valence electrons. The van der Waals surface area contributed by atoms with Gasteiger partial charge in [0.25, 0.3) is 5.91 Å². The third-order valence-electron chi connectivity index (χ3n) is 6.54. The Hall–Kier alpha value is -3.02. The largest absolute Gasteiger partial charge is 0.497 e.